The van der Waals surface area contributed by atoms with Crippen LogP contribution in [-0.2, 0) is 14.3 Å². The molecule has 2 amide bonds. The number of carbonyl (C=O) groups is 3. The van der Waals surface area contributed by atoms with Crippen LogP contribution in [0.2, 0.25) is 0 Å². The van der Waals surface area contributed by atoms with E-state index in [1.54, 1.807) is 0 Å². The Kier molecular flexibility index (Phi) is 12.8. The number of fused-ring (bicyclic) bond motifs is 5. The van der Waals surface area contributed by atoms with E-state index in [1.807, 2.05) is 13.8 Å². The van der Waals surface area contributed by atoms with Gasteiger partial charge < -0.3 is 20.5 Å². The van der Waals surface area contributed by atoms with Crippen LogP contribution in [0, 0.1) is 40.4 Å². The van der Waals surface area contributed by atoms with Crippen molar-refractivity contribution < 1.29 is 24.2 Å². The Bertz CT molecular complexity index is 948. The standard InChI is InChI=1S/C33H54N2O5.C2H6/c1-22(2)7-5-6-8-23-10-12-27-26-11-9-24-21-25(15-17-33(24,4)28(26)16-18-32(23,27)3)40-31(39)35-20-19-34-29(36)13-14-30(37)38;1-2/h9,22-23,25-28H,5-8,10-21H2,1-4H3,(H,34,36)(H,35,39)(H,37,38);1-2H3. The highest BCUT2D eigenvalue weighted by Gasteiger charge is 2.58. The number of nitrogens with one attached hydrogen (secondary N) is 2. The van der Waals surface area contributed by atoms with E-state index >= 15 is 0 Å². The first-order valence-corrected chi connectivity index (χ1v) is 17.2. The molecule has 7 atom stereocenters. The molecule has 240 valence electrons. The smallest absolute Gasteiger partial charge is 0.407 e. The van der Waals surface area contributed by atoms with E-state index < -0.39 is 12.1 Å². The predicted octanol–water partition coefficient (Wildman–Crippen LogP) is 7.88. The number of hydrogen-bond acceptors (Lipinski definition) is 4. The molecule has 0 aromatic heterocycles. The first kappa shape index (κ1) is 34.4. The van der Waals surface area contributed by atoms with Gasteiger partial charge in [-0.25, -0.2) is 4.79 Å². The van der Waals surface area contributed by atoms with Crippen LogP contribution < -0.4 is 10.6 Å². The van der Waals surface area contributed by atoms with Crippen molar-refractivity contribution in [2.45, 2.75) is 138 Å². The van der Waals surface area contributed by atoms with Crippen LogP contribution in [0.5, 0.6) is 0 Å². The average Bonchev–Trinajstić information content (AvgIpc) is 3.29. The maximum Gasteiger partial charge on any atom is 0.407 e. The van der Waals surface area contributed by atoms with Crippen LogP contribution in [-0.4, -0.2) is 42.3 Å². The molecule has 0 bridgehead atoms. The van der Waals surface area contributed by atoms with E-state index in [4.69, 9.17) is 9.84 Å². The lowest BCUT2D eigenvalue weighted by molar-refractivity contribution is -0.138. The largest absolute Gasteiger partial charge is 0.481 e. The minimum Gasteiger partial charge on any atom is -0.481 e. The summed E-state index contributed by atoms with van der Waals surface area (Å²) >= 11 is 0. The number of amides is 2. The lowest BCUT2D eigenvalue weighted by Crippen LogP contribution is -2.50. The van der Waals surface area contributed by atoms with Crippen LogP contribution in [0.4, 0.5) is 4.79 Å². The summed E-state index contributed by atoms with van der Waals surface area (Å²) < 4.78 is 5.79. The van der Waals surface area contributed by atoms with Gasteiger partial charge in [-0.05, 0) is 91.8 Å². The number of aliphatic carboxylic acids is 1. The Balaban J connectivity index is 0.00000237. The molecule has 0 aliphatic heterocycles. The number of carbonyl (C=O) groups excluding carboxylic acids is 2. The van der Waals surface area contributed by atoms with E-state index in [0.717, 1.165) is 48.9 Å². The Morgan fingerprint density at radius 1 is 0.976 bits per heavy atom. The van der Waals surface area contributed by atoms with Gasteiger partial charge in [0.1, 0.15) is 6.10 Å². The van der Waals surface area contributed by atoms with Crippen molar-refractivity contribution in [3.8, 4) is 0 Å². The summed E-state index contributed by atoms with van der Waals surface area (Å²) in [6.07, 6.45) is 16.9. The van der Waals surface area contributed by atoms with E-state index in [-0.39, 0.29) is 43.4 Å². The van der Waals surface area contributed by atoms with Gasteiger partial charge in [-0.2, -0.15) is 0 Å². The second kappa shape index (κ2) is 15.6. The third-order valence-electron chi connectivity index (χ3n) is 11.4. The molecule has 4 aliphatic rings. The number of hydrogen-bond donors (Lipinski definition) is 3. The van der Waals surface area contributed by atoms with Gasteiger partial charge in [0.2, 0.25) is 5.91 Å². The molecule has 7 unspecified atom stereocenters. The number of carboxylic acid groups (broad SMARTS) is 1. The van der Waals surface area contributed by atoms with E-state index in [1.165, 1.54) is 63.4 Å². The molecule has 4 aliphatic carbocycles. The summed E-state index contributed by atoms with van der Waals surface area (Å²) in [6.45, 7) is 14.3. The molecule has 0 spiro atoms. The Labute approximate surface area is 255 Å². The van der Waals surface area contributed by atoms with Crippen molar-refractivity contribution in [3.05, 3.63) is 11.6 Å². The van der Waals surface area contributed by atoms with Crippen LogP contribution >= 0.6 is 0 Å². The molecule has 42 heavy (non-hydrogen) atoms. The minimum absolute atomic E-state index is 0.0589. The quantitative estimate of drug-likeness (QED) is 0.159. The molecule has 3 saturated carbocycles. The molecule has 0 heterocycles. The number of alkyl carbamates (subject to hydrolysis) is 1. The zero-order chi connectivity index (χ0) is 30.9. The van der Waals surface area contributed by atoms with Crippen molar-refractivity contribution in [3.63, 3.8) is 0 Å². The van der Waals surface area contributed by atoms with Gasteiger partial charge in [-0.1, -0.05) is 72.5 Å². The fourth-order valence-corrected chi connectivity index (χ4v) is 9.12. The summed E-state index contributed by atoms with van der Waals surface area (Å²) in [5, 5.41) is 14.0. The van der Waals surface area contributed by atoms with Crippen LogP contribution in [0.25, 0.3) is 0 Å². The minimum atomic E-state index is -0.999. The van der Waals surface area contributed by atoms with Gasteiger partial charge in [-0.15, -0.1) is 0 Å². The van der Waals surface area contributed by atoms with E-state index in [2.05, 4.69) is 44.4 Å². The molecule has 0 saturated heterocycles. The molecular weight excluding hydrogens is 528 g/mol. The van der Waals surface area contributed by atoms with Crippen molar-refractivity contribution in [1.29, 1.82) is 0 Å². The third-order valence-corrected chi connectivity index (χ3v) is 11.4. The number of ether oxygens (including phenoxy) is 1. The second-order valence-corrected chi connectivity index (χ2v) is 14.2. The maximum atomic E-state index is 12.4. The van der Waals surface area contributed by atoms with E-state index in [0.29, 0.717) is 5.41 Å². The molecule has 7 nitrogen and oxygen atoms in total. The fraction of sp³-hybridized carbons (Fsp3) is 0.857. The molecule has 0 aromatic rings. The van der Waals surface area contributed by atoms with Gasteiger partial charge in [-0.3, -0.25) is 9.59 Å². The second-order valence-electron chi connectivity index (χ2n) is 14.2. The number of unbranched alkanes of at least 4 members (excludes halogenated alkanes) is 1. The summed E-state index contributed by atoms with van der Waals surface area (Å²) in [5.41, 5.74) is 2.26. The fourth-order valence-electron chi connectivity index (χ4n) is 9.12. The van der Waals surface area contributed by atoms with Gasteiger partial charge in [0.25, 0.3) is 0 Å². The highest BCUT2D eigenvalue weighted by molar-refractivity contribution is 5.80. The van der Waals surface area contributed by atoms with Crippen molar-refractivity contribution in [1.82, 2.24) is 10.6 Å². The molecule has 3 N–H and O–H groups in total. The SMILES string of the molecule is CC.CC(C)CCCCC1CCC2C3CC=C4CC(OC(=O)NCCNC(=O)CCC(=O)O)CCC4(C)C3CCC12C. The monoisotopic (exact) mass is 588 g/mol. The summed E-state index contributed by atoms with van der Waals surface area (Å²) in [6, 6.07) is 0. The topological polar surface area (TPSA) is 105 Å². The number of allylic oxidation sites excluding steroid dienone is 1. The zero-order valence-electron chi connectivity index (χ0n) is 27.4. The van der Waals surface area contributed by atoms with E-state index in [9.17, 15) is 14.4 Å². The Morgan fingerprint density at radius 3 is 2.43 bits per heavy atom. The van der Waals surface area contributed by atoms with Gasteiger partial charge in [0.05, 0.1) is 6.42 Å². The first-order valence-electron chi connectivity index (χ1n) is 17.2. The molecular formula is C35H60N2O5. The molecule has 3 fully saturated rings. The van der Waals surface area contributed by atoms with Crippen molar-refractivity contribution >= 4 is 18.0 Å². The molecule has 0 radical (unpaired) electrons. The van der Waals surface area contributed by atoms with Crippen LogP contribution in [0.3, 0.4) is 0 Å². The van der Waals surface area contributed by atoms with Crippen LogP contribution in [0.1, 0.15) is 131 Å². The van der Waals surface area contributed by atoms with Crippen molar-refractivity contribution in [2.75, 3.05) is 13.1 Å². The third kappa shape index (κ3) is 8.31. The first-order chi connectivity index (χ1) is 20.0. The molecule has 0 aromatic carbocycles. The summed E-state index contributed by atoms with van der Waals surface area (Å²) in [4.78, 5) is 34.6. The lowest BCUT2D eigenvalue weighted by atomic mass is 9.47. The van der Waals surface area contributed by atoms with Gasteiger partial charge in [0.15, 0.2) is 0 Å². The average molecular weight is 589 g/mol. The Morgan fingerprint density at radius 2 is 1.71 bits per heavy atom. The Hall–Kier alpha value is -2.05. The number of rotatable bonds is 12. The van der Waals surface area contributed by atoms with Gasteiger partial charge >= 0.3 is 12.1 Å². The predicted molar refractivity (Wildman–Crippen MR) is 168 cm³/mol. The normalized spacial score (nSPS) is 33.2. The van der Waals surface area contributed by atoms with Crippen LogP contribution in [0.15, 0.2) is 11.6 Å². The number of carboxylic acids is 1. The highest BCUT2D eigenvalue weighted by atomic mass is 16.6. The van der Waals surface area contributed by atoms with Crippen molar-refractivity contribution in [2.24, 2.45) is 40.4 Å². The lowest BCUT2D eigenvalue weighted by Gasteiger charge is -2.58. The zero-order valence-corrected chi connectivity index (χ0v) is 27.4. The summed E-state index contributed by atoms with van der Waals surface area (Å²) in [5.74, 6) is 2.82. The summed E-state index contributed by atoms with van der Waals surface area (Å²) in [7, 11) is 0. The molecule has 7 heteroatoms. The maximum absolute atomic E-state index is 12.4. The molecule has 4 rings (SSSR count). The highest BCUT2D eigenvalue weighted by Crippen LogP contribution is 2.66. The van der Waals surface area contributed by atoms with Gasteiger partial charge in [0, 0.05) is 25.9 Å².